The number of carbonyl (C=O) groups excluding carboxylic acids is 1. The minimum atomic E-state index is -0.0933. The number of amides is 1. The van der Waals surface area contributed by atoms with Crippen LogP contribution in [0.25, 0.3) is 11.0 Å². The predicted molar refractivity (Wildman–Crippen MR) is 97.3 cm³/mol. The van der Waals surface area contributed by atoms with Gasteiger partial charge in [-0.3, -0.25) is 18.9 Å². The van der Waals surface area contributed by atoms with Crippen LogP contribution >= 0.6 is 0 Å². The molecular formula is C19H22N4O2. The number of nitrogens with zero attached hydrogens (tertiary/aromatic N) is 3. The van der Waals surface area contributed by atoms with E-state index in [1.807, 2.05) is 50.2 Å². The molecule has 0 aliphatic carbocycles. The summed E-state index contributed by atoms with van der Waals surface area (Å²) in [6.45, 7) is 4.85. The standard InChI is InChI=1S/C19H22N4O2/c1-3-22-16-6-4-5-7-17(16)23(19(22)25)13-10-18(24)21-14(2)15-8-11-20-12-9-15/h4-9,11-12,14H,3,10,13H2,1-2H3,(H,21,24)/t14-/m1/s1. The zero-order valence-corrected chi connectivity index (χ0v) is 14.5. The van der Waals surface area contributed by atoms with Crippen LogP contribution in [0.3, 0.4) is 0 Å². The molecule has 1 aromatic carbocycles. The minimum Gasteiger partial charge on any atom is -0.350 e. The molecule has 6 heteroatoms. The fourth-order valence-electron chi connectivity index (χ4n) is 3.06. The highest BCUT2D eigenvalue weighted by molar-refractivity contribution is 5.78. The van der Waals surface area contributed by atoms with Gasteiger partial charge in [0.25, 0.3) is 0 Å². The van der Waals surface area contributed by atoms with Crippen molar-refractivity contribution in [1.82, 2.24) is 19.4 Å². The SMILES string of the molecule is CCn1c(=O)n(CCC(=O)N[C@H](C)c2ccncc2)c2ccccc21. The van der Waals surface area contributed by atoms with Crippen LogP contribution in [0.2, 0.25) is 0 Å². The molecule has 0 bridgehead atoms. The lowest BCUT2D eigenvalue weighted by Crippen LogP contribution is -2.30. The molecule has 0 aliphatic heterocycles. The molecule has 0 aliphatic rings. The minimum absolute atomic E-state index is 0.0707. The molecule has 3 rings (SSSR count). The number of imidazole rings is 1. The maximum atomic E-state index is 12.6. The number of rotatable bonds is 6. The Morgan fingerprint density at radius 1 is 1.12 bits per heavy atom. The summed E-state index contributed by atoms with van der Waals surface area (Å²) in [6.07, 6.45) is 3.67. The van der Waals surface area contributed by atoms with Gasteiger partial charge in [-0.2, -0.15) is 0 Å². The number of hydrogen-bond donors (Lipinski definition) is 1. The van der Waals surface area contributed by atoms with Crippen LogP contribution in [0.15, 0.2) is 53.6 Å². The van der Waals surface area contributed by atoms with E-state index in [2.05, 4.69) is 10.3 Å². The number of carbonyl (C=O) groups is 1. The first-order valence-electron chi connectivity index (χ1n) is 8.49. The molecule has 6 nitrogen and oxygen atoms in total. The van der Waals surface area contributed by atoms with E-state index in [1.54, 1.807) is 21.5 Å². The van der Waals surface area contributed by atoms with Crippen molar-refractivity contribution >= 4 is 16.9 Å². The van der Waals surface area contributed by atoms with E-state index in [4.69, 9.17) is 0 Å². The Kier molecular flexibility index (Phi) is 4.97. The number of para-hydroxylation sites is 2. The lowest BCUT2D eigenvalue weighted by Gasteiger charge is -2.14. The number of nitrogens with one attached hydrogen (secondary N) is 1. The van der Waals surface area contributed by atoms with E-state index in [0.29, 0.717) is 13.1 Å². The smallest absolute Gasteiger partial charge is 0.329 e. The summed E-state index contributed by atoms with van der Waals surface area (Å²) in [6, 6.07) is 11.3. The van der Waals surface area contributed by atoms with E-state index < -0.39 is 0 Å². The van der Waals surface area contributed by atoms with Crippen LogP contribution in [0.1, 0.15) is 31.9 Å². The van der Waals surface area contributed by atoms with Crippen molar-refractivity contribution in [3.63, 3.8) is 0 Å². The molecule has 0 unspecified atom stereocenters. The van der Waals surface area contributed by atoms with Crippen LogP contribution < -0.4 is 11.0 Å². The second-order valence-corrected chi connectivity index (χ2v) is 5.99. The van der Waals surface area contributed by atoms with Gasteiger partial charge in [-0.05, 0) is 43.7 Å². The van der Waals surface area contributed by atoms with Crippen LogP contribution in [0.4, 0.5) is 0 Å². The van der Waals surface area contributed by atoms with Crippen molar-refractivity contribution < 1.29 is 4.79 Å². The summed E-state index contributed by atoms with van der Waals surface area (Å²) in [5.74, 6) is -0.0791. The van der Waals surface area contributed by atoms with Gasteiger partial charge in [0.15, 0.2) is 0 Å². The van der Waals surface area contributed by atoms with Gasteiger partial charge in [-0.25, -0.2) is 4.79 Å². The van der Waals surface area contributed by atoms with Crippen molar-refractivity contribution in [3.8, 4) is 0 Å². The first-order valence-corrected chi connectivity index (χ1v) is 8.49. The molecule has 1 atom stereocenters. The van der Waals surface area contributed by atoms with Gasteiger partial charge in [0.05, 0.1) is 17.1 Å². The predicted octanol–water partition coefficient (Wildman–Crippen LogP) is 2.49. The first-order chi connectivity index (χ1) is 12.1. The summed E-state index contributed by atoms with van der Waals surface area (Å²) in [5, 5.41) is 2.97. The number of benzene rings is 1. The quantitative estimate of drug-likeness (QED) is 0.751. The van der Waals surface area contributed by atoms with Gasteiger partial charge in [0, 0.05) is 31.9 Å². The number of hydrogen-bond acceptors (Lipinski definition) is 3. The zero-order chi connectivity index (χ0) is 17.8. The van der Waals surface area contributed by atoms with Gasteiger partial charge in [-0.1, -0.05) is 12.1 Å². The molecule has 0 saturated heterocycles. The molecule has 0 spiro atoms. The highest BCUT2D eigenvalue weighted by Crippen LogP contribution is 2.14. The Morgan fingerprint density at radius 3 is 2.40 bits per heavy atom. The van der Waals surface area contributed by atoms with Crippen molar-refractivity contribution in [2.75, 3.05) is 0 Å². The summed E-state index contributed by atoms with van der Waals surface area (Å²) >= 11 is 0. The van der Waals surface area contributed by atoms with Crippen LogP contribution in [-0.2, 0) is 17.9 Å². The van der Waals surface area contributed by atoms with E-state index in [1.165, 1.54) is 0 Å². The van der Waals surface area contributed by atoms with Gasteiger partial charge < -0.3 is 5.32 Å². The second-order valence-electron chi connectivity index (χ2n) is 5.99. The highest BCUT2D eigenvalue weighted by Gasteiger charge is 2.14. The monoisotopic (exact) mass is 338 g/mol. The second kappa shape index (κ2) is 7.34. The van der Waals surface area contributed by atoms with Crippen LogP contribution in [-0.4, -0.2) is 20.0 Å². The molecule has 0 saturated carbocycles. The zero-order valence-electron chi connectivity index (χ0n) is 14.5. The Bertz CT molecular complexity index is 927. The normalized spacial score (nSPS) is 12.2. The lowest BCUT2D eigenvalue weighted by atomic mass is 10.1. The van der Waals surface area contributed by atoms with E-state index in [9.17, 15) is 9.59 Å². The fourth-order valence-corrected chi connectivity index (χ4v) is 3.06. The Labute approximate surface area is 146 Å². The lowest BCUT2D eigenvalue weighted by molar-refractivity contribution is -0.121. The third-order valence-corrected chi connectivity index (χ3v) is 4.39. The summed E-state index contributed by atoms with van der Waals surface area (Å²) in [7, 11) is 0. The first kappa shape index (κ1) is 17.0. The van der Waals surface area contributed by atoms with Gasteiger partial charge in [0.1, 0.15) is 0 Å². The van der Waals surface area contributed by atoms with E-state index >= 15 is 0 Å². The summed E-state index contributed by atoms with van der Waals surface area (Å²) in [5.41, 5.74) is 2.70. The van der Waals surface area contributed by atoms with E-state index in [-0.39, 0.29) is 24.1 Å². The number of pyridine rings is 1. The van der Waals surface area contributed by atoms with Crippen LogP contribution in [0.5, 0.6) is 0 Å². The average Bonchev–Trinajstić information content (AvgIpc) is 2.91. The fraction of sp³-hybridized carbons (Fsp3) is 0.316. The molecule has 130 valence electrons. The summed E-state index contributed by atoms with van der Waals surface area (Å²) in [4.78, 5) is 28.8. The van der Waals surface area contributed by atoms with Crippen molar-refractivity contribution in [2.45, 2.75) is 39.4 Å². The van der Waals surface area contributed by atoms with Crippen molar-refractivity contribution in [1.29, 1.82) is 0 Å². The number of aryl methyl sites for hydroxylation is 2. The molecule has 1 amide bonds. The average molecular weight is 338 g/mol. The maximum Gasteiger partial charge on any atom is 0.329 e. The van der Waals surface area contributed by atoms with Gasteiger partial charge in [0.2, 0.25) is 5.91 Å². The summed E-state index contributed by atoms with van der Waals surface area (Å²) < 4.78 is 3.41. The Hall–Kier alpha value is -2.89. The molecule has 0 fully saturated rings. The molecule has 25 heavy (non-hydrogen) atoms. The third-order valence-electron chi connectivity index (χ3n) is 4.39. The molecule has 0 radical (unpaired) electrons. The molecule has 1 N–H and O–H groups in total. The highest BCUT2D eigenvalue weighted by atomic mass is 16.2. The molecule has 2 aromatic heterocycles. The van der Waals surface area contributed by atoms with Gasteiger partial charge in [-0.15, -0.1) is 0 Å². The number of fused-ring (bicyclic) bond motifs is 1. The molecular weight excluding hydrogens is 316 g/mol. The third kappa shape index (κ3) is 3.47. The molecule has 2 heterocycles. The Morgan fingerprint density at radius 2 is 1.76 bits per heavy atom. The largest absolute Gasteiger partial charge is 0.350 e. The van der Waals surface area contributed by atoms with E-state index in [0.717, 1.165) is 16.6 Å². The van der Waals surface area contributed by atoms with Crippen LogP contribution in [0, 0.1) is 0 Å². The maximum absolute atomic E-state index is 12.6. The topological polar surface area (TPSA) is 68.9 Å². The number of aromatic nitrogens is 3. The van der Waals surface area contributed by atoms with Crippen molar-refractivity contribution in [3.05, 3.63) is 64.8 Å². The Balaban J connectivity index is 1.72. The molecule has 3 aromatic rings. The van der Waals surface area contributed by atoms with Gasteiger partial charge >= 0.3 is 5.69 Å². The van der Waals surface area contributed by atoms with Crippen molar-refractivity contribution in [2.24, 2.45) is 0 Å².